The third-order valence-corrected chi connectivity index (χ3v) is 3.71. The van der Waals surface area contributed by atoms with Gasteiger partial charge in [0.15, 0.2) is 0 Å². The van der Waals surface area contributed by atoms with E-state index in [9.17, 15) is 4.39 Å². The molecule has 0 aliphatic rings. The van der Waals surface area contributed by atoms with E-state index in [2.05, 4.69) is 6.07 Å². The second kappa shape index (κ2) is 6.22. The van der Waals surface area contributed by atoms with Gasteiger partial charge in [0.05, 0.1) is 0 Å². The molecule has 0 unspecified atom stereocenters. The van der Waals surface area contributed by atoms with Gasteiger partial charge in [0.2, 0.25) is 0 Å². The van der Waals surface area contributed by atoms with E-state index < -0.39 is 0 Å². The number of hydrogen-bond acceptors (Lipinski definition) is 2. The number of rotatable bonds is 4. The normalized spacial score (nSPS) is 10.5. The van der Waals surface area contributed by atoms with Crippen molar-refractivity contribution >= 4 is 17.2 Å². The van der Waals surface area contributed by atoms with Gasteiger partial charge in [-0.15, -0.1) is 0 Å². The SMILES string of the molecule is Cc1cc(C)c(C)c(OCc2cc(C(N)=S)ccc2F)c1. The van der Waals surface area contributed by atoms with Crippen molar-refractivity contribution in [2.24, 2.45) is 5.73 Å². The van der Waals surface area contributed by atoms with E-state index >= 15 is 0 Å². The molecule has 0 fully saturated rings. The average Bonchev–Trinajstić information content (AvgIpc) is 2.42. The van der Waals surface area contributed by atoms with Crippen LogP contribution in [0.3, 0.4) is 0 Å². The molecule has 0 aromatic heterocycles. The van der Waals surface area contributed by atoms with Crippen molar-refractivity contribution in [2.45, 2.75) is 27.4 Å². The first-order chi connectivity index (χ1) is 9.88. The maximum Gasteiger partial charge on any atom is 0.129 e. The van der Waals surface area contributed by atoms with Crippen LogP contribution in [-0.2, 0) is 6.61 Å². The number of aryl methyl sites for hydroxylation is 2. The molecule has 0 spiro atoms. The Morgan fingerprint density at radius 2 is 1.90 bits per heavy atom. The van der Waals surface area contributed by atoms with Gasteiger partial charge in [-0.2, -0.15) is 0 Å². The van der Waals surface area contributed by atoms with Crippen LogP contribution in [0.4, 0.5) is 4.39 Å². The van der Waals surface area contributed by atoms with Crippen LogP contribution in [0.25, 0.3) is 0 Å². The predicted molar refractivity (Wildman–Crippen MR) is 87.3 cm³/mol. The largest absolute Gasteiger partial charge is 0.489 e. The number of nitrogens with two attached hydrogens (primary N) is 1. The van der Waals surface area contributed by atoms with Gasteiger partial charge < -0.3 is 10.5 Å². The third-order valence-electron chi connectivity index (χ3n) is 3.48. The molecule has 2 aromatic carbocycles. The Morgan fingerprint density at radius 3 is 2.57 bits per heavy atom. The van der Waals surface area contributed by atoms with Gasteiger partial charge in [-0.25, -0.2) is 4.39 Å². The van der Waals surface area contributed by atoms with Crippen LogP contribution in [0.1, 0.15) is 27.8 Å². The molecule has 2 N–H and O–H groups in total. The maximum atomic E-state index is 13.8. The van der Waals surface area contributed by atoms with E-state index in [0.717, 1.165) is 22.4 Å². The van der Waals surface area contributed by atoms with Crippen LogP contribution >= 0.6 is 12.2 Å². The summed E-state index contributed by atoms with van der Waals surface area (Å²) >= 11 is 4.91. The highest BCUT2D eigenvalue weighted by atomic mass is 32.1. The van der Waals surface area contributed by atoms with Crippen molar-refractivity contribution in [3.05, 3.63) is 64.0 Å². The summed E-state index contributed by atoms with van der Waals surface area (Å²) in [6, 6.07) is 8.62. The summed E-state index contributed by atoms with van der Waals surface area (Å²) in [5.74, 6) is 0.449. The van der Waals surface area contributed by atoms with Crippen molar-refractivity contribution in [3.8, 4) is 5.75 Å². The minimum atomic E-state index is -0.322. The van der Waals surface area contributed by atoms with E-state index in [1.165, 1.54) is 6.07 Å². The van der Waals surface area contributed by atoms with E-state index in [1.807, 2.05) is 26.8 Å². The first kappa shape index (κ1) is 15.4. The second-order valence-electron chi connectivity index (χ2n) is 5.16. The molecule has 2 aromatic rings. The van der Waals surface area contributed by atoms with E-state index in [0.29, 0.717) is 11.1 Å². The summed E-state index contributed by atoms with van der Waals surface area (Å²) in [6.45, 7) is 6.18. The van der Waals surface area contributed by atoms with E-state index in [4.69, 9.17) is 22.7 Å². The van der Waals surface area contributed by atoms with E-state index in [1.54, 1.807) is 12.1 Å². The maximum absolute atomic E-state index is 13.8. The van der Waals surface area contributed by atoms with Gasteiger partial charge in [0, 0.05) is 11.1 Å². The molecule has 0 saturated carbocycles. The molecule has 21 heavy (non-hydrogen) atoms. The standard InChI is InChI=1S/C17H18FNOS/c1-10-6-11(2)12(3)16(7-10)20-9-14-8-13(17(19)21)4-5-15(14)18/h4-8H,9H2,1-3H3,(H2,19,21). The lowest BCUT2D eigenvalue weighted by atomic mass is 10.1. The molecule has 0 atom stereocenters. The van der Waals surface area contributed by atoms with Crippen LogP contribution in [0.15, 0.2) is 30.3 Å². The third kappa shape index (κ3) is 3.58. The molecule has 0 saturated heterocycles. The highest BCUT2D eigenvalue weighted by Crippen LogP contribution is 2.24. The Morgan fingerprint density at radius 1 is 1.19 bits per heavy atom. The zero-order valence-electron chi connectivity index (χ0n) is 12.4. The molecule has 4 heteroatoms. The van der Waals surface area contributed by atoms with Gasteiger partial charge in [0.1, 0.15) is 23.2 Å². The van der Waals surface area contributed by atoms with Crippen molar-refractivity contribution < 1.29 is 9.13 Å². The Labute approximate surface area is 129 Å². The quantitative estimate of drug-likeness (QED) is 0.868. The summed E-state index contributed by atoms with van der Waals surface area (Å²) in [5.41, 5.74) is 9.99. The fourth-order valence-corrected chi connectivity index (χ4v) is 2.27. The Kier molecular flexibility index (Phi) is 4.58. The Hall–Kier alpha value is -1.94. The molecular weight excluding hydrogens is 285 g/mol. The fraction of sp³-hybridized carbons (Fsp3) is 0.235. The molecular formula is C17H18FNOS. The lowest BCUT2D eigenvalue weighted by molar-refractivity contribution is 0.297. The highest BCUT2D eigenvalue weighted by molar-refractivity contribution is 7.80. The van der Waals surface area contributed by atoms with Crippen molar-refractivity contribution in [1.29, 1.82) is 0 Å². The topological polar surface area (TPSA) is 35.2 Å². The summed E-state index contributed by atoms with van der Waals surface area (Å²) in [6.07, 6.45) is 0. The average molecular weight is 303 g/mol. The molecule has 0 heterocycles. The van der Waals surface area contributed by atoms with Crippen LogP contribution in [0.5, 0.6) is 5.75 Å². The van der Waals surface area contributed by atoms with Crippen LogP contribution in [-0.4, -0.2) is 4.99 Å². The molecule has 0 amide bonds. The second-order valence-corrected chi connectivity index (χ2v) is 5.60. The van der Waals surface area contributed by atoms with E-state index in [-0.39, 0.29) is 17.4 Å². The van der Waals surface area contributed by atoms with Gasteiger partial charge in [-0.05, 0) is 61.7 Å². The van der Waals surface area contributed by atoms with Crippen molar-refractivity contribution in [1.82, 2.24) is 0 Å². The summed E-state index contributed by atoms with van der Waals surface area (Å²) < 4.78 is 19.6. The molecule has 2 rings (SSSR count). The summed E-state index contributed by atoms with van der Waals surface area (Å²) in [5, 5.41) is 0. The number of halogens is 1. The molecule has 0 bridgehead atoms. The molecule has 0 aliphatic carbocycles. The molecule has 0 radical (unpaired) electrons. The number of thiocarbonyl (C=S) groups is 1. The number of hydrogen-bond donors (Lipinski definition) is 1. The van der Waals surface area contributed by atoms with Crippen LogP contribution < -0.4 is 10.5 Å². The van der Waals surface area contributed by atoms with Crippen LogP contribution in [0, 0.1) is 26.6 Å². The lowest BCUT2D eigenvalue weighted by Gasteiger charge is -2.13. The fourth-order valence-electron chi connectivity index (χ4n) is 2.14. The minimum Gasteiger partial charge on any atom is -0.489 e. The summed E-state index contributed by atoms with van der Waals surface area (Å²) in [4.78, 5) is 0.249. The zero-order chi connectivity index (χ0) is 15.6. The number of ether oxygens (including phenoxy) is 1. The molecule has 2 nitrogen and oxygen atoms in total. The predicted octanol–water partition coefficient (Wildman–Crippen LogP) is 3.96. The smallest absolute Gasteiger partial charge is 0.129 e. The monoisotopic (exact) mass is 303 g/mol. The lowest BCUT2D eigenvalue weighted by Crippen LogP contribution is -2.11. The first-order valence-electron chi connectivity index (χ1n) is 6.67. The Bertz CT molecular complexity index is 697. The van der Waals surface area contributed by atoms with Crippen LogP contribution in [0.2, 0.25) is 0 Å². The Balaban J connectivity index is 2.24. The van der Waals surface area contributed by atoms with Crippen molar-refractivity contribution in [2.75, 3.05) is 0 Å². The number of benzene rings is 2. The van der Waals surface area contributed by atoms with Crippen molar-refractivity contribution in [3.63, 3.8) is 0 Å². The first-order valence-corrected chi connectivity index (χ1v) is 7.08. The van der Waals surface area contributed by atoms with Gasteiger partial charge >= 0.3 is 0 Å². The molecule has 110 valence electrons. The van der Waals surface area contributed by atoms with Gasteiger partial charge in [-0.1, -0.05) is 18.3 Å². The molecule has 0 aliphatic heterocycles. The van der Waals surface area contributed by atoms with Gasteiger partial charge in [-0.3, -0.25) is 0 Å². The zero-order valence-corrected chi connectivity index (χ0v) is 13.2. The highest BCUT2D eigenvalue weighted by Gasteiger charge is 2.09. The summed E-state index contributed by atoms with van der Waals surface area (Å²) in [7, 11) is 0. The minimum absolute atomic E-state index is 0.145. The van der Waals surface area contributed by atoms with Gasteiger partial charge in [0.25, 0.3) is 0 Å².